The highest BCUT2D eigenvalue weighted by atomic mass is 32.2. The summed E-state index contributed by atoms with van der Waals surface area (Å²) in [6, 6.07) is 3.52. The second-order valence-corrected chi connectivity index (χ2v) is 6.69. The van der Waals surface area contributed by atoms with Crippen molar-refractivity contribution in [1.29, 1.82) is 0 Å². The van der Waals surface area contributed by atoms with Crippen LogP contribution in [0.25, 0.3) is 0 Å². The molecule has 98 valence electrons. The number of benzene rings is 1. The minimum absolute atomic E-state index is 0.259. The van der Waals surface area contributed by atoms with Crippen LogP contribution in [0.3, 0.4) is 0 Å². The molecule has 1 atom stereocenters. The van der Waals surface area contributed by atoms with E-state index in [4.69, 9.17) is 5.11 Å². The van der Waals surface area contributed by atoms with Crippen molar-refractivity contribution in [2.45, 2.75) is 35.8 Å². The molecule has 4 nitrogen and oxygen atoms in total. The van der Waals surface area contributed by atoms with E-state index in [9.17, 15) is 17.6 Å². The molecule has 6 heteroatoms. The van der Waals surface area contributed by atoms with Crippen molar-refractivity contribution in [3.8, 4) is 0 Å². The van der Waals surface area contributed by atoms with Crippen LogP contribution < -0.4 is 0 Å². The van der Waals surface area contributed by atoms with Gasteiger partial charge in [-0.3, -0.25) is 4.79 Å². The Labute approximate surface area is 104 Å². The summed E-state index contributed by atoms with van der Waals surface area (Å²) in [5.74, 6) is -2.81. The first-order chi connectivity index (χ1) is 8.34. The molecule has 0 bridgehead atoms. The van der Waals surface area contributed by atoms with E-state index in [-0.39, 0.29) is 10.5 Å². The molecule has 1 aliphatic carbocycles. The van der Waals surface area contributed by atoms with E-state index in [2.05, 4.69) is 0 Å². The number of halogens is 1. The van der Waals surface area contributed by atoms with E-state index in [1.165, 1.54) is 13.0 Å². The van der Waals surface area contributed by atoms with Gasteiger partial charge >= 0.3 is 5.97 Å². The molecule has 0 spiro atoms. The number of carbonyl (C=O) groups is 1. The second kappa shape index (κ2) is 4.35. The molecule has 2 rings (SSSR count). The summed E-state index contributed by atoms with van der Waals surface area (Å²) in [5.41, 5.74) is 0.259. The predicted octanol–water partition coefficient (Wildman–Crippen LogP) is 1.95. The third kappa shape index (κ3) is 2.25. The van der Waals surface area contributed by atoms with Crippen LogP contribution in [0.5, 0.6) is 0 Å². The quantitative estimate of drug-likeness (QED) is 0.909. The third-order valence-corrected chi connectivity index (χ3v) is 5.39. The fourth-order valence-electron chi connectivity index (χ4n) is 1.72. The number of aliphatic carboxylic acids is 1. The van der Waals surface area contributed by atoms with Crippen molar-refractivity contribution in [3.63, 3.8) is 0 Å². The van der Waals surface area contributed by atoms with Crippen LogP contribution in [-0.2, 0) is 14.6 Å². The van der Waals surface area contributed by atoms with Crippen LogP contribution in [0, 0.1) is 5.82 Å². The van der Waals surface area contributed by atoms with Gasteiger partial charge < -0.3 is 5.11 Å². The standard InChI is InChI=1S/C12H13FO4S/c1-7(12(14)15)8-2-5-11(10(13)6-8)18(16,17)9-3-4-9/h2,5-7,9H,3-4H2,1H3,(H,14,15). The summed E-state index contributed by atoms with van der Waals surface area (Å²) in [6.45, 7) is 1.42. The number of hydrogen-bond acceptors (Lipinski definition) is 3. The average Bonchev–Trinajstić information content (AvgIpc) is 3.11. The summed E-state index contributed by atoms with van der Waals surface area (Å²) in [6.07, 6.45) is 1.13. The maximum absolute atomic E-state index is 13.8. The van der Waals surface area contributed by atoms with E-state index in [1.807, 2.05) is 0 Å². The largest absolute Gasteiger partial charge is 0.481 e. The molecule has 1 fully saturated rings. The summed E-state index contributed by atoms with van der Waals surface area (Å²) in [4.78, 5) is 10.4. The molecular weight excluding hydrogens is 259 g/mol. The molecule has 0 radical (unpaired) electrons. The van der Waals surface area contributed by atoms with Crippen LogP contribution >= 0.6 is 0 Å². The molecule has 0 heterocycles. The fraction of sp³-hybridized carbons (Fsp3) is 0.417. The third-order valence-electron chi connectivity index (χ3n) is 3.10. The monoisotopic (exact) mass is 272 g/mol. The molecule has 0 amide bonds. The second-order valence-electron chi connectivity index (χ2n) is 4.49. The van der Waals surface area contributed by atoms with E-state index in [1.54, 1.807) is 0 Å². The molecule has 1 N–H and O–H groups in total. The van der Waals surface area contributed by atoms with E-state index in [0.717, 1.165) is 12.1 Å². The first-order valence-corrected chi connectivity index (χ1v) is 7.15. The summed E-state index contributed by atoms with van der Waals surface area (Å²) < 4.78 is 37.5. The normalized spacial score (nSPS) is 17.4. The highest BCUT2D eigenvalue weighted by Gasteiger charge is 2.38. The SMILES string of the molecule is CC(C(=O)O)c1ccc(S(=O)(=O)C2CC2)c(F)c1. The summed E-state index contributed by atoms with van der Waals surface area (Å²) >= 11 is 0. The zero-order valence-electron chi connectivity index (χ0n) is 9.76. The van der Waals surface area contributed by atoms with E-state index >= 15 is 0 Å². The Balaban J connectivity index is 2.39. The van der Waals surface area contributed by atoms with E-state index in [0.29, 0.717) is 12.8 Å². The minimum Gasteiger partial charge on any atom is -0.481 e. The van der Waals surface area contributed by atoms with Gasteiger partial charge in [-0.2, -0.15) is 0 Å². The molecule has 1 unspecified atom stereocenters. The lowest BCUT2D eigenvalue weighted by atomic mass is 10.0. The average molecular weight is 272 g/mol. The number of rotatable bonds is 4. The maximum atomic E-state index is 13.8. The van der Waals surface area contributed by atoms with Crippen LogP contribution in [0.4, 0.5) is 4.39 Å². The van der Waals surface area contributed by atoms with Gasteiger partial charge in [0, 0.05) is 0 Å². The van der Waals surface area contributed by atoms with E-state index < -0.39 is 32.8 Å². The lowest BCUT2D eigenvalue weighted by molar-refractivity contribution is -0.138. The van der Waals surface area contributed by atoms with Gasteiger partial charge in [0.05, 0.1) is 11.2 Å². The van der Waals surface area contributed by atoms with Gasteiger partial charge in [0.15, 0.2) is 9.84 Å². The van der Waals surface area contributed by atoms with Gasteiger partial charge in [0.25, 0.3) is 0 Å². The molecule has 1 aromatic rings. The van der Waals surface area contributed by atoms with Crippen molar-refractivity contribution >= 4 is 15.8 Å². The minimum atomic E-state index is -3.58. The zero-order valence-corrected chi connectivity index (χ0v) is 10.6. The number of hydrogen-bond donors (Lipinski definition) is 1. The smallest absolute Gasteiger partial charge is 0.310 e. The van der Waals surface area contributed by atoms with Crippen molar-refractivity contribution in [2.75, 3.05) is 0 Å². The van der Waals surface area contributed by atoms with Crippen LogP contribution in [0.1, 0.15) is 31.2 Å². The Morgan fingerprint density at radius 2 is 2.06 bits per heavy atom. The van der Waals surface area contributed by atoms with Crippen molar-refractivity contribution in [3.05, 3.63) is 29.6 Å². The lowest BCUT2D eigenvalue weighted by Crippen LogP contribution is -2.12. The van der Waals surface area contributed by atoms with Gasteiger partial charge in [0.1, 0.15) is 10.7 Å². The molecule has 0 aliphatic heterocycles. The summed E-state index contributed by atoms with van der Waals surface area (Å²) in [7, 11) is -3.58. The zero-order chi connectivity index (χ0) is 13.5. The summed E-state index contributed by atoms with van der Waals surface area (Å²) in [5, 5.41) is 8.34. The maximum Gasteiger partial charge on any atom is 0.310 e. The molecule has 0 aromatic heterocycles. The van der Waals surface area contributed by atoms with Crippen molar-refractivity contribution < 1.29 is 22.7 Å². The van der Waals surface area contributed by atoms with Gasteiger partial charge in [-0.25, -0.2) is 12.8 Å². The van der Waals surface area contributed by atoms with Crippen LogP contribution in [0.15, 0.2) is 23.1 Å². The fourth-order valence-corrected chi connectivity index (χ4v) is 3.42. The van der Waals surface area contributed by atoms with Gasteiger partial charge in [-0.1, -0.05) is 6.07 Å². The Morgan fingerprint density at radius 1 is 1.44 bits per heavy atom. The highest BCUT2D eigenvalue weighted by molar-refractivity contribution is 7.92. The van der Waals surface area contributed by atoms with Crippen molar-refractivity contribution in [2.24, 2.45) is 0 Å². The van der Waals surface area contributed by atoms with Gasteiger partial charge in [-0.05, 0) is 37.5 Å². The number of carboxylic acid groups (broad SMARTS) is 1. The first kappa shape index (κ1) is 13.0. The number of sulfone groups is 1. The molecule has 1 aromatic carbocycles. The Kier molecular flexibility index (Phi) is 3.14. The predicted molar refractivity (Wildman–Crippen MR) is 62.7 cm³/mol. The molecule has 18 heavy (non-hydrogen) atoms. The molecule has 0 saturated heterocycles. The van der Waals surface area contributed by atoms with Crippen LogP contribution in [0.2, 0.25) is 0 Å². The highest BCUT2D eigenvalue weighted by Crippen LogP contribution is 2.35. The number of carboxylic acids is 1. The Hall–Kier alpha value is -1.43. The topological polar surface area (TPSA) is 71.4 Å². The molecular formula is C12H13FO4S. The van der Waals surface area contributed by atoms with Gasteiger partial charge in [-0.15, -0.1) is 0 Å². The van der Waals surface area contributed by atoms with Crippen molar-refractivity contribution in [1.82, 2.24) is 0 Å². The van der Waals surface area contributed by atoms with Gasteiger partial charge in [0.2, 0.25) is 0 Å². The molecule has 1 saturated carbocycles. The first-order valence-electron chi connectivity index (χ1n) is 5.60. The van der Waals surface area contributed by atoms with Crippen LogP contribution in [-0.4, -0.2) is 24.7 Å². The Morgan fingerprint density at radius 3 is 2.50 bits per heavy atom. The lowest BCUT2D eigenvalue weighted by Gasteiger charge is -2.09. The Bertz CT molecular complexity index is 590. The molecule has 1 aliphatic rings.